The summed E-state index contributed by atoms with van der Waals surface area (Å²) in [5.74, 6) is -4.21. The Balaban J connectivity index is 3.29. The maximum Gasteiger partial charge on any atom is 0.573 e. The first-order valence-corrected chi connectivity index (χ1v) is 4.51. The van der Waals surface area contributed by atoms with Crippen molar-refractivity contribution < 1.29 is 37.3 Å². The fraction of sp³-hybridized carbons (Fsp3) is 0.200. The van der Waals surface area contributed by atoms with Crippen molar-refractivity contribution in [1.29, 1.82) is 0 Å². The fourth-order valence-corrected chi connectivity index (χ4v) is 1.14. The highest BCUT2D eigenvalue weighted by molar-refractivity contribution is 5.92. The summed E-state index contributed by atoms with van der Waals surface area (Å²) in [5, 5.41) is 8.73. The minimum absolute atomic E-state index is 0.611. The number of ether oxygens (including phenoxy) is 2. The van der Waals surface area contributed by atoms with Crippen molar-refractivity contribution in [2.45, 2.75) is 13.3 Å². The summed E-state index contributed by atoms with van der Waals surface area (Å²) >= 11 is 0. The van der Waals surface area contributed by atoms with Gasteiger partial charge < -0.3 is 14.6 Å². The van der Waals surface area contributed by atoms with Gasteiger partial charge in [-0.3, -0.25) is 4.79 Å². The summed E-state index contributed by atoms with van der Waals surface area (Å²) in [7, 11) is 0. The van der Waals surface area contributed by atoms with Crippen molar-refractivity contribution in [2.24, 2.45) is 0 Å². The average Bonchev–Trinajstić information content (AvgIpc) is 2.17. The number of esters is 1. The Labute approximate surface area is 98.7 Å². The van der Waals surface area contributed by atoms with E-state index < -0.39 is 35.4 Å². The lowest BCUT2D eigenvalue weighted by Crippen LogP contribution is -2.20. The van der Waals surface area contributed by atoms with Crippen LogP contribution in [-0.4, -0.2) is 23.4 Å². The van der Waals surface area contributed by atoms with Crippen molar-refractivity contribution in [1.82, 2.24) is 0 Å². The molecule has 18 heavy (non-hydrogen) atoms. The van der Waals surface area contributed by atoms with E-state index in [1.54, 1.807) is 0 Å². The summed E-state index contributed by atoms with van der Waals surface area (Å²) in [6, 6.07) is 3.02. The van der Waals surface area contributed by atoms with Gasteiger partial charge >= 0.3 is 18.3 Å². The maximum absolute atomic E-state index is 12.1. The molecule has 0 spiro atoms. The second-order valence-corrected chi connectivity index (χ2v) is 3.08. The van der Waals surface area contributed by atoms with Gasteiger partial charge in [0.15, 0.2) is 11.5 Å². The highest BCUT2D eigenvalue weighted by Crippen LogP contribution is 2.35. The van der Waals surface area contributed by atoms with Crippen LogP contribution in [0.4, 0.5) is 13.2 Å². The molecule has 98 valence electrons. The van der Waals surface area contributed by atoms with Crippen LogP contribution < -0.4 is 9.47 Å². The molecule has 0 aromatic heterocycles. The van der Waals surface area contributed by atoms with Gasteiger partial charge in [-0.05, 0) is 12.1 Å². The molecule has 0 atom stereocenters. The van der Waals surface area contributed by atoms with E-state index in [2.05, 4.69) is 9.47 Å². The third-order valence-electron chi connectivity index (χ3n) is 1.68. The van der Waals surface area contributed by atoms with E-state index in [0.717, 1.165) is 25.1 Å². The number of benzene rings is 1. The van der Waals surface area contributed by atoms with Gasteiger partial charge in [-0.25, -0.2) is 4.79 Å². The lowest BCUT2D eigenvalue weighted by atomic mass is 10.2. The monoisotopic (exact) mass is 264 g/mol. The molecule has 0 aliphatic rings. The van der Waals surface area contributed by atoms with Crippen LogP contribution in [0.5, 0.6) is 11.5 Å². The van der Waals surface area contributed by atoms with Gasteiger partial charge in [0.05, 0.1) is 0 Å². The summed E-state index contributed by atoms with van der Waals surface area (Å²) in [6.07, 6.45) is -5.10. The Morgan fingerprint density at radius 2 is 1.89 bits per heavy atom. The van der Waals surface area contributed by atoms with Crippen molar-refractivity contribution in [3.8, 4) is 11.5 Å². The molecule has 1 aromatic rings. The van der Waals surface area contributed by atoms with Gasteiger partial charge in [0.25, 0.3) is 0 Å². The summed E-state index contributed by atoms with van der Waals surface area (Å²) < 4.78 is 44.5. The summed E-state index contributed by atoms with van der Waals surface area (Å²) in [6.45, 7) is 0.963. The molecule has 0 unspecified atom stereocenters. The van der Waals surface area contributed by atoms with Crippen LogP contribution in [0.2, 0.25) is 0 Å². The Kier molecular flexibility index (Phi) is 3.79. The Hall–Kier alpha value is -2.25. The minimum atomic E-state index is -5.10. The molecule has 0 saturated carbocycles. The summed E-state index contributed by atoms with van der Waals surface area (Å²) in [5.41, 5.74) is -0.758. The molecule has 8 heteroatoms. The normalized spacial score (nSPS) is 10.9. The SMILES string of the molecule is CC(=O)Oc1cccc(C(=O)O)c1OC(F)(F)F. The van der Waals surface area contributed by atoms with Crippen LogP contribution in [0, 0.1) is 0 Å². The van der Waals surface area contributed by atoms with Gasteiger partial charge in [-0.2, -0.15) is 0 Å². The number of aromatic carboxylic acids is 1. The van der Waals surface area contributed by atoms with Crippen LogP contribution >= 0.6 is 0 Å². The number of rotatable bonds is 3. The zero-order chi connectivity index (χ0) is 13.9. The van der Waals surface area contributed by atoms with E-state index in [-0.39, 0.29) is 0 Å². The van der Waals surface area contributed by atoms with Crippen LogP contribution in [0.25, 0.3) is 0 Å². The average molecular weight is 264 g/mol. The second-order valence-electron chi connectivity index (χ2n) is 3.08. The van der Waals surface area contributed by atoms with Crippen LogP contribution in [0.15, 0.2) is 18.2 Å². The van der Waals surface area contributed by atoms with E-state index >= 15 is 0 Å². The molecule has 1 rings (SSSR count). The predicted molar refractivity (Wildman–Crippen MR) is 51.4 cm³/mol. The van der Waals surface area contributed by atoms with E-state index in [1.807, 2.05) is 0 Å². The first-order chi connectivity index (χ1) is 8.20. The van der Waals surface area contributed by atoms with Crippen LogP contribution in [0.1, 0.15) is 17.3 Å². The number of carboxylic acids is 1. The molecule has 0 heterocycles. The number of hydrogen-bond donors (Lipinski definition) is 1. The molecule has 1 aromatic carbocycles. The van der Waals surface area contributed by atoms with Gasteiger partial charge in [-0.1, -0.05) is 6.07 Å². The zero-order valence-corrected chi connectivity index (χ0v) is 8.95. The molecule has 5 nitrogen and oxygen atoms in total. The fourth-order valence-electron chi connectivity index (χ4n) is 1.14. The quantitative estimate of drug-likeness (QED) is 0.669. The van der Waals surface area contributed by atoms with Crippen LogP contribution in [-0.2, 0) is 4.79 Å². The standard InChI is InChI=1S/C10H7F3O5/c1-5(14)17-7-4-2-3-6(9(15)16)8(7)18-10(11,12)13/h2-4H,1H3,(H,15,16). The van der Waals surface area contributed by atoms with Crippen molar-refractivity contribution >= 4 is 11.9 Å². The number of alkyl halides is 3. The molecule has 0 saturated heterocycles. The number of para-hydroxylation sites is 1. The molecule has 0 bridgehead atoms. The number of halogens is 3. The Morgan fingerprint density at radius 1 is 1.28 bits per heavy atom. The lowest BCUT2D eigenvalue weighted by Gasteiger charge is -2.14. The Morgan fingerprint density at radius 3 is 2.33 bits per heavy atom. The molecule has 0 aliphatic heterocycles. The number of carboxylic acid groups (broad SMARTS) is 1. The van der Waals surface area contributed by atoms with Crippen molar-refractivity contribution in [3.05, 3.63) is 23.8 Å². The molecular weight excluding hydrogens is 257 g/mol. The third kappa shape index (κ3) is 3.65. The van der Waals surface area contributed by atoms with Crippen molar-refractivity contribution in [3.63, 3.8) is 0 Å². The number of carbonyl (C=O) groups is 2. The predicted octanol–water partition coefficient (Wildman–Crippen LogP) is 2.21. The topological polar surface area (TPSA) is 72.8 Å². The van der Waals surface area contributed by atoms with Crippen molar-refractivity contribution in [2.75, 3.05) is 0 Å². The van der Waals surface area contributed by atoms with E-state index in [0.29, 0.717) is 0 Å². The highest BCUT2D eigenvalue weighted by Gasteiger charge is 2.35. The first-order valence-electron chi connectivity index (χ1n) is 4.51. The van der Waals surface area contributed by atoms with Gasteiger partial charge in [-0.15, -0.1) is 13.2 Å². The second kappa shape index (κ2) is 4.94. The lowest BCUT2D eigenvalue weighted by molar-refractivity contribution is -0.275. The molecule has 0 radical (unpaired) electrons. The highest BCUT2D eigenvalue weighted by atomic mass is 19.4. The molecule has 0 fully saturated rings. The number of carbonyl (C=O) groups excluding carboxylic acids is 1. The largest absolute Gasteiger partial charge is 0.573 e. The van der Waals surface area contributed by atoms with Crippen LogP contribution in [0.3, 0.4) is 0 Å². The molecule has 1 N–H and O–H groups in total. The Bertz CT molecular complexity index is 481. The van der Waals surface area contributed by atoms with E-state index in [1.165, 1.54) is 0 Å². The molecule has 0 aliphatic carbocycles. The number of hydrogen-bond acceptors (Lipinski definition) is 4. The smallest absolute Gasteiger partial charge is 0.478 e. The molecular formula is C10H7F3O5. The van der Waals surface area contributed by atoms with Gasteiger partial charge in [0.1, 0.15) is 5.56 Å². The molecule has 0 amide bonds. The maximum atomic E-state index is 12.1. The van der Waals surface area contributed by atoms with Gasteiger partial charge in [0, 0.05) is 6.92 Å². The minimum Gasteiger partial charge on any atom is -0.478 e. The zero-order valence-electron chi connectivity index (χ0n) is 8.95. The van der Waals surface area contributed by atoms with E-state index in [4.69, 9.17) is 5.11 Å². The van der Waals surface area contributed by atoms with E-state index in [9.17, 15) is 22.8 Å². The van der Waals surface area contributed by atoms with Gasteiger partial charge in [0.2, 0.25) is 0 Å². The first kappa shape index (κ1) is 13.8. The summed E-state index contributed by atoms with van der Waals surface area (Å²) in [4.78, 5) is 21.5. The third-order valence-corrected chi connectivity index (χ3v) is 1.68.